The highest BCUT2D eigenvalue weighted by molar-refractivity contribution is 7.92. The van der Waals surface area contributed by atoms with Gasteiger partial charge >= 0.3 is 0 Å². The van der Waals surface area contributed by atoms with Crippen LogP contribution in [0.5, 0.6) is 0 Å². The number of nitrogens with zero attached hydrogens (tertiary/aromatic N) is 2. The fourth-order valence-electron chi connectivity index (χ4n) is 3.92. The van der Waals surface area contributed by atoms with Gasteiger partial charge in [-0.15, -0.1) is 0 Å². The van der Waals surface area contributed by atoms with E-state index in [1.165, 1.54) is 6.92 Å². The number of anilines is 1. The predicted octanol–water partition coefficient (Wildman–Crippen LogP) is 2.55. The van der Waals surface area contributed by atoms with E-state index >= 15 is 0 Å². The minimum atomic E-state index is -3.59. The maximum absolute atomic E-state index is 13.0. The highest BCUT2D eigenvalue weighted by Crippen LogP contribution is 2.31. The van der Waals surface area contributed by atoms with E-state index in [-0.39, 0.29) is 23.1 Å². The van der Waals surface area contributed by atoms with E-state index in [1.807, 2.05) is 4.90 Å². The molecule has 0 aromatic heterocycles. The molecule has 1 aromatic carbocycles. The molecule has 3 rings (SSSR count). The first kappa shape index (κ1) is 19.9. The molecule has 2 aliphatic heterocycles. The third-order valence-corrected chi connectivity index (χ3v) is 7.74. The number of sulfone groups is 1. The maximum atomic E-state index is 13.0. The average Bonchev–Trinajstić information content (AvgIpc) is 2.86. The van der Waals surface area contributed by atoms with E-state index in [9.17, 15) is 18.0 Å². The monoisotopic (exact) mass is 392 g/mol. The molecule has 148 valence electrons. The summed E-state index contributed by atoms with van der Waals surface area (Å²) >= 11 is 0. The summed E-state index contributed by atoms with van der Waals surface area (Å²) in [6.07, 6.45) is 4.90. The lowest BCUT2D eigenvalue weighted by molar-refractivity contribution is -0.131. The number of amides is 2. The Morgan fingerprint density at radius 1 is 1.07 bits per heavy atom. The zero-order valence-electron chi connectivity index (χ0n) is 16.1. The van der Waals surface area contributed by atoms with Gasteiger partial charge < -0.3 is 9.80 Å². The molecule has 0 N–H and O–H groups in total. The molecule has 1 saturated heterocycles. The Kier molecular flexibility index (Phi) is 5.89. The van der Waals surface area contributed by atoms with Crippen molar-refractivity contribution in [3.05, 3.63) is 23.8 Å². The van der Waals surface area contributed by atoms with Crippen LogP contribution in [0, 0.1) is 0 Å². The van der Waals surface area contributed by atoms with Gasteiger partial charge in [0.15, 0.2) is 9.84 Å². The Balaban J connectivity index is 1.74. The van der Waals surface area contributed by atoms with Gasteiger partial charge in [0, 0.05) is 38.7 Å². The SMILES string of the molecule is CC(=O)N1CCc2cc(S(=O)(=O)[C@H](C)CC(=O)N3CCCCCC3)ccc21. The molecular weight excluding hydrogens is 364 g/mol. The third kappa shape index (κ3) is 4.18. The lowest BCUT2D eigenvalue weighted by Crippen LogP contribution is -2.35. The fraction of sp³-hybridized carbons (Fsp3) is 0.600. The van der Waals surface area contributed by atoms with Crippen LogP contribution in [0.25, 0.3) is 0 Å². The van der Waals surface area contributed by atoms with E-state index in [0.29, 0.717) is 13.0 Å². The van der Waals surface area contributed by atoms with Crippen molar-refractivity contribution in [1.29, 1.82) is 0 Å². The van der Waals surface area contributed by atoms with Crippen molar-refractivity contribution < 1.29 is 18.0 Å². The Hall–Kier alpha value is -1.89. The summed E-state index contributed by atoms with van der Waals surface area (Å²) in [5.74, 6) is -0.113. The van der Waals surface area contributed by atoms with Crippen molar-refractivity contribution in [3.63, 3.8) is 0 Å². The molecule has 0 aliphatic carbocycles. The molecule has 1 aromatic rings. The van der Waals surface area contributed by atoms with Crippen LogP contribution in [0.2, 0.25) is 0 Å². The minimum Gasteiger partial charge on any atom is -0.343 e. The van der Waals surface area contributed by atoms with Crippen LogP contribution in [-0.4, -0.2) is 50.0 Å². The second-order valence-corrected chi connectivity index (χ2v) is 9.93. The predicted molar refractivity (Wildman–Crippen MR) is 104 cm³/mol. The molecule has 0 saturated carbocycles. The highest BCUT2D eigenvalue weighted by Gasteiger charge is 2.30. The number of benzene rings is 1. The van der Waals surface area contributed by atoms with Gasteiger partial charge in [-0.3, -0.25) is 9.59 Å². The fourth-order valence-corrected chi connectivity index (χ4v) is 5.31. The van der Waals surface area contributed by atoms with Gasteiger partial charge in [-0.05, 0) is 49.9 Å². The van der Waals surface area contributed by atoms with Crippen molar-refractivity contribution in [2.45, 2.75) is 62.5 Å². The topological polar surface area (TPSA) is 74.8 Å². The molecular formula is C20H28N2O4S. The molecule has 0 unspecified atom stereocenters. The smallest absolute Gasteiger partial charge is 0.223 e. The molecule has 2 amide bonds. The third-order valence-electron chi connectivity index (χ3n) is 5.61. The van der Waals surface area contributed by atoms with Crippen molar-refractivity contribution in [2.24, 2.45) is 0 Å². The molecule has 7 heteroatoms. The van der Waals surface area contributed by atoms with Gasteiger partial charge in [-0.25, -0.2) is 8.42 Å². The Bertz CT molecular complexity index is 826. The molecule has 6 nitrogen and oxygen atoms in total. The number of carbonyl (C=O) groups excluding carboxylic acids is 2. The summed E-state index contributed by atoms with van der Waals surface area (Å²) in [5.41, 5.74) is 1.66. The van der Waals surface area contributed by atoms with Crippen molar-refractivity contribution in [3.8, 4) is 0 Å². The first-order chi connectivity index (χ1) is 12.8. The van der Waals surface area contributed by atoms with Crippen LogP contribution >= 0.6 is 0 Å². The van der Waals surface area contributed by atoms with Crippen LogP contribution in [0.4, 0.5) is 5.69 Å². The molecule has 27 heavy (non-hydrogen) atoms. The zero-order valence-corrected chi connectivity index (χ0v) is 16.9. The number of likely N-dealkylation sites (tertiary alicyclic amines) is 1. The average molecular weight is 393 g/mol. The van der Waals surface area contributed by atoms with Crippen LogP contribution in [0.3, 0.4) is 0 Å². The molecule has 1 atom stereocenters. The van der Waals surface area contributed by atoms with Crippen LogP contribution < -0.4 is 4.90 Å². The molecule has 0 bridgehead atoms. The number of hydrogen-bond acceptors (Lipinski definition) is 4. The van der Waals surface area contributed by atoms with Gasteiger partial charge in [0.1, 0.15) is 0 Å². The zero-order chi connectivity index (χ0) is 19.6. The van der Waals surface area contributed by atoms with E-state index in [1.54, 1.807) is 30.0 Å². The number of fused-ring (bicyclic) bond motifs is 1. The molecule has 0 radical (unpaired) electrons. The molecule has 2 heterocycles. The molecule has 2 aliphatic rings. The van der Waals surface area contributed by atoms with Crippen molar-refractivity contribution in [2.75, 3.05) is 24.5 Å². The van der Waals surface area contributed by atoms with Gasteiger partial charge in [-0.1, -0.05) is 12.8 Å². The Morgan fingerprint density at radius 3 is 2.37 bits per heavy atom. The first-order valence-corrected chi connectivity index (χ1v) is 11.3. The first-order valence-electron chi connectivity index (χ1n) is 9.73. The van der Waals surface area contributed by atoms with Gasteiger partial charge in [0.2, 0.25) is 11.8 Å². The van der Waals surface area contributed by atoms with Crippen LogP contribution in [-0.2, 0) is 25.8 Å². The summed E-state index contributed by atoms with van der Waals surface area (Å²) in [6, 6.07) is 4.93. The lowest BCUT2D eigenvalue weighted by atomic mass is 10.2. The minimum absolute atomic E-state index is 0.0129. The van der Waals surface area contributed by atoms with E-state index < -0.39 is 15.1 Å². The molecule has 0 spiro atoms. The maximum Gasteiger partial charge on any atom is 0.223 e. The quantitative estimate of drug-likeness (QED) is 0.789. The summed E-state index contributed by atoms with van der Waals surface area (Å²) in [6.45, 7) is 5.16. The lowest BCUT2D eigenvalue weighted by Gasteiger charge is -2.22. The Morgan fingerprint density at radius 2 is 1.74 bits per heavy atom. The number of rotatable bonds is 4. The second kappa shape index (κ2) is 8.00. The summed E-state index contributed by atoms with van der Waals surface area (Å²) in [7, 11) is -3.59. The van der Waals surface area contributed by atoms with Crippen molar-refractivity contribution in [1.82, 2.24) is 4.90 Å². The van der Waals surface area contributed by atoms with E-state index in [0.717, 1.165) is 50.0 Å². The van der Waals surface area contributed by atoms with Crippen molar-refractivity contribution >= 4 is 27.3 Å². The van der Waals surface area contributed by atoms with E-state index in [2.05, 4.69) is 0 Å². The highest BCUT2D eigenvalue weighted by atomic mass is 32.2. The number of carbonyl (C=O) groups is 2. The second-order valence-electron chi connectivity index (χ2n) is 7.57. The standard InChI is InChI=1S/C20H28N2O4S/c1-15(13-20(24)21-10-5-3-4-6-11-21)27(25,26)18-7-8-19-17(14-18)9-12-22(19)16(2)23/h7-8,14-15H,3-6,9-13H2,1-2H3/t15-/m1/s1. The van der Waals surface area contributed by atoms with Gasteiger partial charge in [0.25, 0.3) is 0 Å². The summed E-state index contributed by atoms with van der Waals surface area (Å²) in [4.78, 5) is 27.9. The molecule has 1 fully saturated rings. The van der Waals surface area contributed by atoms with Gasteiger partial charge in [-0.2, -0.15) is 0 Å². The van der Waals surface area contributed by atoms with Crippen LogP contribution in [0.1, 0.15) is 51.5 Å². The normalized spacial score (nSPS) is 18.7. The van der Waals surface area contributed by atoms with Crippen LogP contribution in [0.15, 0.2) is 23.1 Å². The number of hydrogen-bond donors (Lipinski definition) is 0. The summed E-state index contributed by atoms with van der Waals surface area (Å²) < 4.78 is 26.0. The summed E-state index contributed by atoms with van der Waals surface area (Å²) in [5, 5.41) is -0.767. The Labute approximate surface area is 161 Å². The van der Waals surface area contributed by atoms with Gasteiger partial charge in [0.05, 0.1) is 10.1 Å². The van der Waals surface area contributed by atoms with E-state index in [4.69, 9.17) is 0 Å². The largest absolute Gasteiger partial charge is 0.343 e.